The highest BCUT2D eigenvalue weighted by molar-refractivity contribution is 7.89. The van der Waals surface area contributed by atoms with E-state index < -0.39 is 34.3 Å². The number of nitrogens with zero attached hydrogens (tertiary/aromatic N) is 1. The third-order valence-electron chi connectivity index (χ3n) is 5.32. The SMILES string of the molecule is COc1ccc(C(=O)OCC(=O)Nc2ccc(C)cc2F)cc1S(=O)(=O)N1CCCCCC1. The molecule has 2 aromatic rings. The topological polar surface area (TPSA) is 102 Å². The number of nitrogens with one attached hydrogen (secondary N) is 1. The number of ether oxygens (including phenoxy) is 2. The van der Waals surface area contributed by atoms with Crippen molar-refractivity contribution >= 4 is 27.6 Å². The Morgan fingerprint density at radius 2 is 1.76 bits per heavy atom. The zero-order valence-electron chi connectivity index (χ0n) is 18.6. The maximum absolute atomic E-state index is 13.9. The first-order chi connectivity index (χ1) is 15.7. The molecule has 0 spiro atoms. The average Bonchev–Trinajstić information content (AvgIpc) is 3.09. The summed E-state index contributed by atoms with van der Waals surface area (Å²) >= 11 is 0. The maximum Gasteiger partial charge on any atom is 0.338 e. The number of benzene rings is 2. The first-order valence-corrected chi connectivity index (χ1v) is 12.1. The molecule has 0 saturated carbocycles. The van der Waals surface area contributed by atoms with Crippen molar-refractivity contribution in [2.75, 3.05) is 32.1 Å². The zero-order chi connectivity index (χ0) is 24.0. The summed E-state index contributed by atoms with van der Waals surface area (Å²) in [7, 11) is -2.53. The molecule has 0 unspecified atom stereocenters. The van der Waals surface area contributed by atoms with Crippen LogP contribution in [0, 0.1) is 12.7 Å². The molecule has 1 N–H and O–H groups in total. The van der Waals surface area contributed by atoms with Gasteiger partial charge in [-0.25, -0.2) is 17.6 Å². The molecule has 0 radical (unpaired) electrons. The lowest BCUT2D eigenvalue weighted by Crippen LogP contribution is -2.32. The van der Waals surface area contributed by atoms with E-state index in [4.69, 9.17) is 9.47 Å². The molecule has 0 bridgehead atoms. The van der Waals surface area contributed by atoms with Crippen LogP contribution in [0.2, 0.25) is 0 Å². The van der Waals surface area contributed by atoms with E-state index >= 15 is 0 Å². The summed E-state index contributed by atoms with van der Waals surface area (Å²) in [5.41, 5.74) is 0.623. The Balaban J connectivity index is 1.72. The summed E-state index contributed by atoms with van der Waals surface area (Å²) in [4.78, 5) is 24.4. The van der Waals surface area contributed by atoms with Crippen LogP contribution < -0.4 is 10.1 Å². The fraction of sp³-hybridized carbons (Fsp3) is 0.391. The van der Waals surface area contributed by atoms with Gasteiger partial charge < -0.3 is 14.8 Å². The smallest absolute Gasteiger partial charge is 0.338 e. The zero-order valence-corrected chi connectivity index (χ0v) is 19.4. The van der Waals surface area contributed by atoms with E-state index in [9.17, 15) is 22.4 Å². The van der Waals surface area contributed by atoms with Crippen molar-refractivity contribution in [3.8, 4) is 5.75 Å². The minimum atomic E-state index is -3.88. The van der Waals surface area contributed by atoms with Crippen LogP contribution in [0.25, 0.3) is 0 Å². The number of carbonyl (C=O) groups excluding carboxylic acids is 2. The van der Waals surface area contributed by atoms with Crippen LogP contribution in [-0.4, -0.2) is 51.4 Å². The second-order valence-corrected chi connectivity index (χ2v) is 9.70. The minimum absolute atomic E-state index is 0.0306. The third-order valence-corrected chi connectivity index (χ3v) is 7.24. The van der Waals surface area contributed by atoms with E-state index in [2.05, 4.69) is 5.32 Å². The molecule has 178 valence electrons. The monoisotopic (exact) mass is 478 g/mol. The number of halogens is 1. The van der Waals surface area contributed by atoms with Crippen LogP contribution >= 0.6 is 0 Å². The fourth-order valence-corrected chi connectivity index (χ4v) is 5.25. The molecule has 33 heavy (non-hydrogen) atoms. The van der Waals surface area contributed by atoms with Crippen molar-refractivity contribution in [3.05, 3.63) is 53.3 Å². The molecule has 2 aromatic carbocycles. The summed E-state index contributed by atoms with van der Waals surface area (Å²) < 4.78 is 51.9. The molecule has 3 rings (SSSR count). The highest BCUT2D eigenvalue weighted by Crippen LogP contribution is 2.29. The number of carbonyl (C=O) groups is 2. The Bertz CT molecular complexity index is 1130. The van der Waals surface area contributed by atoms with Gasteiger partial charge in [0.1, 0.15) is 16.5 Å². The summed E-state index contributed by atoms with van der Waals surface area (Å²) in [6.45, 7) is 1.85. The van der Waals surface area contributed by atoms with Crippen molar-refractivity contribution in [3.63, 3.8) is 0 Å². The van der Waals surface area contributed by atoms with Crippen LogP contribution in [0.5, 0.6) is 5.75 Å². The standard InChI is InChI=1S/C23H27FN2O6S/c1-16-7-9-19(18(24)13-16)25-22(27)15-32-23(28)17-8-10-20(31-2)21(14-17)33(29,30)26-11-5-3-4-6-12-26/h7-10,13-14H,3-6,11-12,15H2,1-2H3,(H,25,27). The summed E-state index contributed by atoms with van der Waals surface area (Å²) in [5, 5.41) is 2.33. The lowest BCUT2D eigenvalue weighted by atomic mass is 10.2. The fourth-order valence-electron chi connectivity index (χ4n) is 3.55. The predicted molar refractivity (Wildman–Crippen MR) is 120 cm³/mol. The van der Waals surface area contributed by atoms with Crippen LogP contribution in [-0.2, 0) is 19.6 Å². The van der Waals surface area contributed by atoms with Gasteiger partial charge in [-0.15, -0.1) is 0 Å². The highest BCUT2D eigenvalue weighted by Gasteiger charge is 2.29. The highest BCUT2D eigenvalue weighted by atomic mass is 32.2. The molecule has 1 amide bonds. The summed E-state index contributed by atoms with van der Waals surface area (Å²) in [6.07, 6.45) is 3.45. The molecule has 8 nitrogen and oxygen atoms in total. The Morgan fingerprint density at radius 3 is 2.39 bits per heavy atom. The Morgan fingerprint density at radius 1 is 1.06 bits per heavy atom. The normalized spacial score (nSPS) is 14.9. The van der Waals surface area contributed by atoms with E-state index in [0.29, 0.717) is 18.7 Å². The van der Waals surface area contributed by atoms with Gasteiger partial charge in [0, 0.05) is 13.1 Å². The number of esters is 1. The summed E-state index contributed by atoms with van der Waals surface area (Å²) in [5.74, 6) is -2.10. The molecular formula is C23H27FN2O6S. The number of hydrogen-bond donors (Lipinski definition) is 1. The quantitative estimate of drug-likeness (QED) is 0.611. The van der Waals surface area contributed by atoms with Crippen molar-refractivity contribution < 1.29 is 31.9 Å². The van der Waals surface area contributed by atoms with Crippen molar-refractivity contribution in [2.45, 2.75) is 37.5 Å². The molecule has 0 aliphatic carbocycles. The maximum atomic E-state index is 13.9. The first kappa shape index (κ1) is 24.7. The molecule has 1 aliphatic rings. The van der Waals surface area contributed by atoms with Gasteiger partial charge in [0.05, 0.1) is 18.4 Å². The summed E-state index contributed by atoms with van der Waals surface area (Å²) in [6, 6.07) is 8.25. The number of amides is 1. The van der Waals surface area contributed by atoms with E-state index in [0.717, 1.165) is 25.7 Å². The molecule has 1 aliphatic heterocycles. The molecule has 0 aromatic heterocycles. The molecule has 0 atom stereocenters. The largest absolute Gasteiger partial charge is 0.495 e. The van der Waals surface area contributed by atoms with Crippen LogP contribution in [0.3, 0.4) is 0 Å². The van der Waals surface area contributed by atoms with Gasteiger partial charge >= 0.3 is 5.97 Å². The molecule has 1 fully saturated rings. The van der Waals surface area contributed by atoms with Crippen LogP contribution in [0.4, 0.5) is 10.1 Å². The van der Waals surface area contributed by atoms with Gasteiger partial charge in [-0.1, -0.05) is 18.9 Å². The molecule has 10 heteroatoms. The van der Waals surface area contributed by atoms with Crippen LogP contribution in [0.1, 0.15) is 41.6 Å². The number of rotatable bonds is 7. The van der Waals surface area contributed by atoms with Crippen molar-refractivity contribution in [1.82, 2.24) is 4.31 Å². The van der Waals surface area contributed by atoms with Gasteiger partial charge in [0.2, 0.25) is 10.0 Å². The average molecular weight is 479 g/mol. The number of sulfonamides is 1. The molecule has 1 heterocycles. The van der Waals surface area contributed by atoms with Gasteiger partial charge in [0.25, 0.3) is 5.91 Å². The first-order valence-electron chi connectivity index (χ1n) is 10.6. The Kier molecular flexibility index (Phi) is 8.04. The van der Waals surface area contributed by atoms with Gasteiger partial charge in [-0.05, 0) is 55.7 Å². The molecule has 1 saturated heterocycles. The predicted octanol–water partition coefficient (Wildman–Crippen LogP) is 3.50. The minimum Gasteiger partial charge on any atom is -0.495 e. The number of anilines is 1. The number of methoxy groups -OCH3 is 1. The van der Waals surface area contributed by atoms with E-state index in [1.807, 2.05) is 0 Å². The molecular weight excluding hydrogens is 451 g/mol. The van der Waals surface area contributed by atoms with Gasteiger partial charge in [-0.2, -0.15) is 4.31 Å². The van der Waals surface area contributed by atoms with E-state index in [1.54, 1.807) is 13.0 Å². The van der Waals surface area contributed by atoms with Crippen LogP contribution in [0.15, 0.2) is 41.3 Å². The third kappa shape index (κ3) is 6.08. The van der Waals surface area contributed by atoms with Crippen molar-refractivity contribution in [1.29, 1.82) is 0 Å². The Hall–Kier alpha value is -2.98. The van der Waals surface area contributed by atoms with Gasteiger partial charge in [0.15, 0.2) is 6.61 Å². The van der Waals surface area contributed by atoms with Crippen molar-refractivity contribution in [2.24, 2.45) is 0 Å². The lowest BCUT2D eigenvalue weighted by Gasteiger charge is -2.21. The van der Waals surface area contributed by atoms with E-state index in [1.165, 1.54) is 41.7 Å². The van der Waals surface area contributed by atoms with E-state index in [-0.39, 0.29) is 21.9 Å². The Labute approximate surface area is 192 Å². The lowest BCUT2D eigenvalue weighted by molar-refractivity contribution is -0.119. The number of aryl methyl sites for hydroxylation is 1. The second-order valence-electron chi connectivity index (χ2n) is 7.79. The van der Waals surface area contributed by atoms with Gasteiger partial charge in [-0.3, -0.25) is 4.79 Å². The second kappa shape index (κ2) is 10.8. The number of hydrogen-bond acceptors (Lipinski definition) is 6.